The van der Waals surface area contributed by atoms with E-state index in [4.69, 9.17) is 0 Å². The molecule has 1 aromatic carbocycles. The van der Waals surface area contributed by atoms with Crippen LogP contribution in [0.5, 0.6) is 0 Å². The van der Waals surface area contributed by atoms with Crippen LogP contribution in [0, 0.1) is 0 Å². The second kappa shape index (κ2) is 8.50. The Bertz CT molecular complexity index is 706. The average Bonchev–Trinajstić information content (AvgIpc) is 3.20. The van der Waals surface area contributed by atoms with Gasteiger partial charge in [-0.05, 0) is 56.5 Å². The summed E-state index contributed by atoms with van der Waals surface area (Å²) in [5.74, 6) is -0.164. The van der Waals surface area contributed by atoms with Gasteiger partial charge in [0.1, 0.15) is 0 Å². The summed E-state index contributed by atoms with van der Waals surface area (Å²) in [6, 6.07) is 6.69. The summed E-state index contributed by atoms with van der Waals surface area (Å²) in [4.78, 5) is 12.5. The first kappa shape index (κ1) is 19.3. The van der Waals surface area contributed by atoms with Gasteiger partial charge < -0.3 is 10.6 Å². The van der Waals surface area contributed by atoms with Crippen LogP contribution < -0.4 is 10.6 Å². The van der Waals surface area contributed by atoms with Crippen LogP contribution in [-0.4, -0.2) is 50.9 Å². The zero-order valence-corrected chi connectivity index (χ0v) is 16.2. The molecule has 7 heteroatoms. The molecule has 1 aliphatic carbocycles. The van der Waals surface area contributed by atoms with Gasteiger partial charge in [-0.1, -0.05) is 19.3 Å². The van der Waals surface area contributed by atoms with Crippen molar-refractivity contribution < 1.29 is 13.2 Å². The van der Waals surface area contributed by atoms with E-state index in [0.717, 1.165) is 45.1 Å². The molecule has 1 saturated heterocycles. The van der Waals surface area contributed by atoms with Gasteiger partial charge in [0, 0.05) is 31.2 Å². The Morgan fingerprint density at radius 1 is 1.12 bits per heavy atom. The van der Waals surface area contributed by atoms with E-state index in [2.05, 4.69) is 10.6 Å². The number of rotatable bonds is 6. The Hall–Kier alpha value is -1.44. The highest BCUT2D eigenvalue weighted by atomic mass is 32.2. The molecule has 0 radical (unpaired) electrons. The minimum atomic E-state index is -3.51. The van der Waals surface area contributed by atoms with Gasteiger partial charge in [0.2, 0.25) is 10.0 Å². The fourth-order valence-electron chi connectivity index (χ4n) is 3.83. The van der Waals surface area contributed by atoms with Gasteiger partial charge in [-0.15, -0.1) is 0 Å². The van der Waals surface area contributed by atoms with Crippen molar-refractivity contribution in [1.29, 1.82) is 0 Å². The Kier molecular flexibility index (Phi) is 6.32. The molecule has 1 aromatic rings. The van der Waals surface area contributed by atoms with Crippen LogP contribution in [0.3, 0.4) is 0 Å². The van der Waals surface area contributed by atoms with Crippen molar-refractivity contribution in [1.82, 2.24) is 14.9 Å². The summed E-state index contributed by atoms with van der Waals surface area (Å²) in [5, 5.41) is 6.25. The molecule has 1 heterocycles. The first-order chi connectivity index (χ1) is 12.5. The highest BCUT2D eigenvalue weighted by molar-refractivity contribution is 7.89. The zero-order chi connectivity index (χ0) is 18.6. The quantitative estimate of drug-likeness (QED) is 0.794. The number of hydrogen-bond acceptors (Lipinski definition) is 4. The van der Waals surface area contributed by atoms with Crippen LogP contribution in [0.1, 0.15) is 55.3 Å². The van der Waals surface area contributed by atoms with Crippen LogP contribution >= 0.6 is 0 Å². The summed E-state index contributed by atoms with van der Waals surface area (Å²) in [5.41, 5.74) is 0.488. The molecule has 0 aromatic heterocycles. The minimum absolute atomic E-state index is 0.0793. The number of sulfonamides is 1. The first-order valence-corrected chi connectivity index (χ1v) is 11.0. The second-order valence-electron chi connectivity index (χ2n) is 7.34. The molecule has 1 atom stereocenters. The van der Waals surface area contributed by atoms with E-state index in [0.29, 0.717) is 18.2 Å². The van der Waals surface area contributed by atoms with Gasteiger partial charge in [0.05, 0.1) is 4.90 Å². The molecule has 26 heavy (non-hydrogen) atoms. The van der Waals surface area contributed by atoms with Crippen LogP contribution in [0.4, 0.5) is 0 Å². The summed E-state index contributed by atoms with van der Waals surface area (Å²) < 4.78 is 27.2. The first-order valence-electron chi connectivity index (χ1n) is 9.58. The fourth-order valence-corrected chi connectivity index (χ4v) is 5.25. The van der Waals surface area contributed by atoms with E-state index >= 15 is 0 Å². The summed E-state index contributed by atoms with van der Waals surface area (Å²) in [6.07, 6.45) is 7.41. The van der Waals surface area contributed by atoms with Crippen molar-refractivity contribution in [2.45, 2.75) is 61.9 Å². The van der Waals surface area contributed by atoms with E-state index in [1.54, 1.807) is 19.2 Å². The molecule has 1 saturated carbocycles. The van der Waals surface area contributed by atoms with Gasteiger partial charge in [-0.25, -0.2) is 8.42 Å². The van der Waals surface area contributed by atoms with Crippen molar-refractivity contribution in [3.63, 3.8) is 0 Å². The number of hydrogen-bond donors (Lipinski definition) is 2. The topological polar surface area (TPSA) is 78.5 Å². The maximum absolute atomic E-state index is 12.8. The average molecular weight is 380 g/mol. The highest BCUT2D eigenvalue weighted by Gasteiger charge is 2.29. The van der Waals surface area contributed by atoms with Gasteiger partial charge in [0.25, 0.3) is 5.91 Å². The lowest BCUT2D eigenvalue weighted by Crippen LogP contribution is -2.38. The Morgan fingerprint density at radius 2 is 1.81 bits per heavy atom. The number of carbonyl (C=O) groups excluding carboxylic acids is 1. The van der Waals surface area contributed by atoms with E-state index in [9.17, 15) is 13.2 Å². The largest absolute Gasteiger partial charge is 0.350 e. The molecule has 2 fully saturated rings. The third-order valence-electron chi connectivity index (χ3n) is 5.55. The molecule has 6 nitrogen and oxygen atoms in total. The predicted octanol–water partition coefficient (Wildman–Crippen LogP) is 2.12. The second-order valence-corrected chi connectivity index (χ2v) is 9.34. The lowest BCUT2D eigenvalue weighted by molar-refractivity contribution is 0.0950. The SMILES string of the molecule is CN(C1CCCCC1)S(=O)(=O)c1ccc(C(=O)NCC2CCCN2)cc1. The lowest BCUT2D eigenvalue weighted by Gasteiger charge is -2.30. The van der Waals surface area contributed by atoms with Crippen molar-refractivity contribution in [3.8, 4) is 0 Å². The summed E-state index contributed by atoms with van der Waals surface area (Å²) in [7, 11) is -1.85. The van der Waals surface area contributed by atoms with Crippen LogP contribution in [0.15, 0.2) is 29.2 Å². The molecule has 0 bridgehead atoms. The molecular weight excluding hydrogens is 350 g/mol. The molecule has 1 amide bonds. The van der Waals surface area contributed by atoms with E-state index in [1.807, 2.05) is 0 Å². The maximum Gasteiger partial charge on any atom is 0.251 e. The summed E-state index contributed by atoms with van der Waals surface area (Å²) in [6.45, 7) is 1.60. The maximum atomic E-state index is 12.8. The predicted molar refractivity (Wildman–Crippen MR) is 102 cm³/mol. The number of nitrogens with one attached hydrogen (secondary N) is 2. The van der Waals surface area contributed by atoms with E-state index < -0.39 is 10.0 Å². The van der Waals surface area contributed by atoms with Gasteiger partial charge >= 0.3 is 0 Å². The molecule has 144 valence electrons. The molecule has 1 unspecified atom stereocenters. The van der Waals surface area contributed by atoms with Crippen molar-refractivity contribution in [3.05, 3.63) is 29.8 Å². The smallest absolute Gasteiger partial charge is 0.251 e. The van der Waals surface area contributed by atoms with Crippen molar-refractivity contribution in [2.75, 3.05) is 20.1 Å². The molecular formula is C19H29N3O3S. The van der Waals surface area contributed by atoms with Crippen LogP contribution in [0.25, 0.3) is 0 Å². The lowest BCUT2D eigenvalue weighted by atomic mass is 9.96. The Morgan fingerprint density at radius 3 is 2.42 bits per heavy atom. The monoisotopic (exact) mass is 379 g/mol. The molecule has 2 N–H and O–H groups in total. The molecule has 1 aliphatic heterocycles. The fraction of sp³-hybridized carbons (Fsp3) is 0.632. The summed E-state index contributed by atoms with van der Waals surface area (Å²) >= 11 is 0. The van der Waals surface area contributed by atoms with Crippen LogP contribution in [-0.2, 0) is 10.0 Å². The zero-order valence-electron chi connectivity index (χ0n) is 15.4. The molecule has 3 rings (SSSR count). The third-order valence-corrected chi connectivity index (χ3v) is 7.48. The normalized spacial score (nSPS) is 21.8. The van der Waals surface area contributed by atoms with Crippen LogP contribution in [0.2, 0.25) is 0 Å². The standard InChI is InChI=1S/C19H29N3O3S/c1-22(17-7-3-2-4-8-17)26(24,25)18-11-9-15(10-12-18)19(23)21-14-16-6-5-13-20-16/h9-12,16-17,20H,2-8,13-14H2,1H3,(H,21,23). The van der Waals surface area contributed by atoms with Crippen molar-refractivity contribution in [2.24, 2.45) is 0 Å². The number of carbonyl (C=O) groups is 1. The molecule has 2 aliphatic rings. The number of nitrogens with zero attached hydrogens (tertiary/aromatic N) is 1. The highest BCUT2D eigenvalue weighted by Crippen LogP contribution is 2.26. The van der Waals surface area contributed by atoms with Gasteiger partial charge in [-0.3, -0.25) is 4.79 Å². The Balaban J connectivity index is 1.62. The Labute approximate surface area is 156 Å². The van der Waals surface area contributed by atoms with Gasteiger partial charge in [0.15, 0.2) is 0 Å². The number of benzene rings is 1. The number of amides is 1. The third kappa shape index (κ3) is 4.45. The minimum Gasteiger partial charge on any atom is -0.350 e. The van der Waals surface area contributed by atoms with E-state index in [1.165, 1.54) is 22.9 Å². The van der Waals surface area contributed by atoms with Crippen molar-refractivity contribution >= 4 is 15.9 Å². The van der Waals surface area contributed by atoms with E-state index in [-0.39, 0.29) is 16.8 Å². The van der Waals surface area contributed by atoms with Gasteiger partial charge in [-0.2, -0.15) is 4.31 Å². The molecule has 0 spiro atoms.